The number of carbonyl (C=O) groups excluding carboxylic acids is 2. The molecule has 0 bridgehead atoms. The van der Waals surface area contributed by atoms with E-state index >= 15 is 0 Å². The molecule has 1 N–H and O–H groups in total. The Balaban J connectivity index is 1.48. The van der Waals surface area contributed by atoms with Gasteiger partial charge in [0.05, 0.1) is 12.8 Å². The van der Waals surface area contributed by atoms with E-state index in [4.69, 9.17) is 4.74 Å². The number of fused-ring (bicyclic) bond motifs is 1. The van der Waals surface area contributed by atoms with Crippen LogP contribution >= 0.6 is 0 Å². The van der Waals surface area contributed by atoms with Gasteiger partial charge in [-0.3, -0.25) is 14.4 Å². The maximum Gasteiger partial charge on any atom is 0.277 e. The summed E-state index contributed by atoms with van der Waals surface area (Å²) in [6.07, 6.45) is 2.82. The molecule has 1 aliphatic heterocycles. The Hall–Kier alpha value is -3.62. The first-order valence-corrected chi connectivity index (χ1v) is 12.2. The van der Waals surface area contributed by atoms with Crippen molar-refractivity contribution in [1.82, 2.24) is 24.4 Å². The first-order valence-electron chi connectivity index (χ1n) is 12.2. The number of para-hydroxylation sites is 1. The third-order valence-electron chi connectivity index (χ3n) is 6.66. The zero-order valence-electron chi connectivity index (χ0n) is 20.7. The third kappa shape index (κ3) is 5.08. The quantitative estimate of drug-likeness (QED) is 0.451. The van der Waals surface area contributed by atoms with Gasteiger partial charge in [0, 0.05) is 61.9 Å². The molecule has 0 saturated carbocycles. The number of hydrogen-bond donors (Lipinski definition) is 1. The van der Waals surface area contributed by atoms with Crippen molar-refractivity contribution in [2.75, 3.05) is 26.7 Å². The van der Waals surface area contributed by atoms with Gasteiger partial charge in [-0.15, -0.1) is 0 Å². The van der Waals surface area contributed by atoms with Crippen molar-refractivity contribution in [2.24, 2.45) is 0 Å². The van der Waals surface area contributed by atoms with Gasteiger partial charge in [0.2, 0.25) is 11.8 Å². The molecular formula is C26H33N5O4. The number of methoxy groups -OCH3 is 1. The van der Waals surface area contributed by atoms with Crippen molar-refractivity contribution in [3.8, 4) is 17.0 Å². The summed E-state index contributed by atoms with van der Waals surface area (Å²) in [6.45, 7) is 6.60. The van der Waals surface area contributed by atoms with E-state index in [1.807, 2.05) is 53.6 Å². The van der Waals surface area contributed by atoms with E-state index in [2.05, 4.69) is 10.4 Å². The van der Waals surface area contributed by atoms with E-state index < -0.39 is 0 Å². The molecule has 1 fully saturated rings. The van der Waals surface area contributed by atoms with Crippen LogP contribution in [0.4, 0.5) is 0 Å². The summed E-state index contributed by atoms with van der Waals surface area (Å²) in [5.41, 5.74) is 3.41. The molecule has 3 heterocycles. The normalized spacial score (nSPS) is 13.6. The van der Waals surface area contributed by atoms with E-state index in [9.17, 15) is 14.4 Å². The number of aryl methyl sites for hydroxylation is 1. The van der Waals surface area contributed by atoms with Crippen LogP contribution in [-0.2, 0) is 22.6 Å². The van der Waals surface area contributed by atoms with Gasteiger partial charge >= 0.3 is 0 Å². The summed E-state index contributed by atoms with van der Waals surface area (Å²) >= 11 is 0. The maximum atomic E-state index is 13.4. The minimum atomic E-state index is -0.205. The molecule has 3 aromatic rings. The van der Waals surface area contributed by atoms with Crippen LogP contribution in [-0.4, -0.2) is 57.6 Å². The molecular weight excluding hydrogens is 446 g/mol. The fourth-order valence-electron chi connectivity index (χ4n) is 4.77. The number of amides is 2. The summed E-state index contributed by atoms with van der Waals surface area (Å²) in [6, 6.07) is 9.48. The van der Waals surface area contributed by atoms with Crippen LogP contribution in [0.15, 0.2) is 35.1 Å². The van der Waals surface area contributed by atoms with Crippen molar-refractivity contribution in [2.45, 2.75) is 52.5 Å². The Bertz CT molecular complexity index is 1290. The highest BCUT2D eigenvalue weighted by Gasteiger charge is 2.20. The highest BCUT2D eigenvalue weighted by atomic mass is 16.5. The second kappa shape index (κ2) is 10.8. The molecule has 4 rings (SSSR count). The fourth-order valence-corrected chi connectivity index (χ4v) is 4.77. The molecule has 1 aliphatic rings. The number of ether oxygens (including phenoxy) is 1. The molecule has 0 radical (unpaired) electrons. The lowest BCUT2D eigenvalue weighted by Gasteiger charge is -2.16. The molecule has 0 unspecified atom stereocenters. The average molecular weight is 480 g/mol. The van der Waals surface area contributed by atoms with Crippen LogP contribution in [0.25, 0.3) is 16.9 Å². The number of hydrogen-bond acceptors (Lipinski definition) is 5. The number of rotatable bonds is 10. The predicted octanol–water partition coefficient (Wildman–Crippen LogP) is 2.56. The van der Waals surface area contributed by atoms with E-state index in [0.717, 1.165) is 30.6 Å². The van der Waals surface area contributed by atoms with Gasteiger partial charge in [-0.2, -0.15) is 9.61 Å². The number of nitrogens with one attached hydrogen (secondary N) is 1. The van der Waals surface area contributed by atoms with Gasteiger partial charge in [0.25, 0.3) is 5.56 Å². The highest BCUT2D eigenvalue weighted by molar-refractivity contribution is 5.78. The fraction of sp³-hybridized carbons (Fsp3) is 0.462. The molecule has 0 aliphatic carbocycles. The summed E-state index contributed by atoms with van der Waals surface area (Å²) in [4.78, 5) is 39.3. The van der Waals surface area contributed by atoms with E-state index in [1.165, 1.54) is 4.52 Å². The second-order valence-corrected chi connectivity index (χ2v) is 8.80. The topological polar surface area (TPSA) is 97.9 Å². The van der Waals surface area contributed by atoms with Crippen molar-refractivity contribution in [3.05, 3.63) is 51.9 Å². The van der Waals surface area contributed by atoms with Crippen LogP contribution in [0.3, 0.4) is 0 Å². The molecule has 2 amide bonds. The van der Waals surface area contributed by atoms with E-state index in [0.29, 0.717) is 55.1 Å². The SMILES string of the molecule is CCn1c(C)c(CCC(=O)NCCCN2CCCC2=O)c(=O)n2nc(-c3ccccc3OC)cc12. The minimum Gasteiger partial charge on any atom is -0.496 e. The lowest BCUT2D eigenvalue weighted by atomic mass is 10.1. The Labute approximate surface area is 204 Å². The zero-order chi connectivity index (χ0) is 24.9. The summed E-state index contributed by atoms with van der Waals surface area (Å²) < 4.78 is 8.95. The summed E-state index contributed by atoms with van der Waals surface area (Å²) in [5.74, 6) is 0.783. The number of aromatic nitrogens is 3. The molecule has 0 atom stereocenters. The van der Waals surface area contributed by atoms with Crippen LogP contribution in [0.1, 0.15) is 43.9 Å². The van der Waals surface area contributed by atoms with Crippen LogP contribution in [0.2, 0.25) is 0 Å². The van der Waals surface area contributed by atoms with Gasteiger partial charge in [-0.25, -0.2) is 0 Å². The van der Waals surface area contributed by atoms with Gasteiger partial charge in [0.15, 0.2) is 0 Å². The highest BCUT2D eigenvalue weighted by Crippen LogP contribution is 2.29. The number of nitrogens with zero attached hydrogens (tertiary/aromatic N) is 4. The Morgan fingerprint density at radius 3 is 2.74 bits per heavy atom. The Morgan fingerprint density at radius 1 is 1.23 bits per heavy atom. The smallest absolute Gasteiger partial charge is 0.277 e. The molecule has 186 valence electrons. The van der Waals surface area contributed by atoms with Crippen LogP contribution in [0.5, 0.6) is 5.75 Å². The molecule has 0 spiro atoms. The lowest BCUT2D eigenvalue weighted by Crippen LogP contribution is -2.31. The Morgan fingerprint density at radius 2 is 2.03 bits per heavy atom. The number of likely N-dealkylation sites (tertiary alicyclic amines) is 1. The summed E-state index contributed by atoms with van der Waals surface area (Å²) in [5, 5.41) is 7.52. The average Bonchev–Trinajstić information content (AvgIpc) is 3.48. The van der Waals surface area contributed by atoms with Gasteiger partial charge in [-0.1, -0.05) is 12.1 Å². The maximum absolute atomic E-state index is 13.4. The van der Waals surface area contributed by atoms with Gasteiger partial charge in [0.1, 0.15) is 11.4 Å². The number of benzene rings is 1. The molecule has 2 aromatic heterocycles. The monoisotopic (exact) mass is 479 g/mol. The number of carbonyl (C=O) groups is 2. The standard InChI is InChI=1S/C26H33N5O4/c1-4-30-18(2)19(12-13-23(32)27-14-8-16-29-15-7-11-25(29)33)26(34)31-24(30)17-21(28-31)20-9-5-6-10-22(20)35-3/h5-6,9-10,17H,4,7-8,11-16H2,1-3H3,(H,27,32). The first kappa shape index (κ1) is 24.5. The van der Waals surface area contributed by atoms with Crippen LogP contribution in [0, 0.1) is 6.92 Å². The molecule has 35 heavy (non-hydrogen) atoms. The van der Waals surface area contributed by atoms with Gasteiger partial charge in [-0.05, 0) is 45.2 Å². The predicted molar refractivity (Wildman–Crippen MR) is 134 cm³/mol. The van der Waals surface area contributed by atoms with Crippen molar-refractivity contribution in [1.29, 1.82) is 0 Å². The lowest BCUT2D eigenvalue weighted by molar-refractivity contribution is -0.127. The largest absolute Gasteiger partial charge is 0.496 e. The van der Waals surface area contributed by atoms with Gasteiger partial charge < -0.3 is 19.5 Å². The third-order valence-corrected chi connectivity index (χ3v) is 6.66. The van der Waals surface area contributed by atoms with Crippen LogP contribution < -0.4 is 15.6 Å². The van der Waals surface area contributed by atoms with Crippen molar-refractivity contribution < 1.29 is 14.3 Å². The van der Waals surface area contributed by atoms with E-state index in [1.54, 1.807) is 7.11 Å². The van der Waals surface area contributed by atoms with Crippen molar-refractivity contribution >= 4 is 17.5 Å². The molecule has 1 aromatic carbocycles. The Kier molecular flexibility index (Phi) is 7.53. The van der Waals surface area contributed by atoms with Crippen molar-refractivity contribution in [3.63, 3.8) is 0 Å². The summed E-state index contributed by atoms with van der Waals surface area (Å²) in [7, 11) is 1.61. The molecule has 1 saturated heterocycles. The second-order valence-electron chi connectivity index (χ2n) is 8.80. The molecule has 9 nitrogen and oxygen atoms in total. The van der Waals surface area contributed by atoms with E-state index in [-0.39, 0.29) is 23.8 Å². The first-order chi connectivity index (χ1) is 16.9. The minimum absolute atomic E-state index is 0.102. The molecule has 9 heteroatoms. The zero-order valence-corrected chi connectivity index (χ0v) is 20.7.